The van der Waals surface area contributed by atoms with E-state index in [0.717, 1.165) is 168 Å². The summed E-state index contributed by atoms with van der Waals surface area (Å²) in [5, 5.41) is 3.40. The fourth-order valence-electron chi connectivity index (χ4n) is 17.2. The lowest BCUT2D eigenvalue weighted by molar-refractivity contribution is 0.0326. The van der Waals surface area contributed by atoms with Gasteiger partial charge in [-0.25, -0.2) is 37.6 Å². The van der Waals surface area contributed by atoms with Crippen molar-refractivity contribution in [2.24, 2.45) is 0 Å². The number of sulfonamides is 1. The van der Waals surface area contributed by atoms with Crippen LogP contribution in [-0.4, -0.2) is 205 Å². The van der Waals surface area contributed by atoms with Crippen LogP contribution in [0.4, 0.5) is 14.5 Å². The van der Waals surface area contributed by atoms with Gasteiger partial charge in [0, 0.05) is 65.7 Å². The molecule has 9 aromatic carbocycles. The van der Waals surface area contributed by atoms with Crippen molar-refractivity contribution in [3.63, 3.8) is 0 Å². The predicted molar refractivity (Wildman–Crippen MR) is 532 cm³/mol. The van der Waals surface area contributed by atoms with Crippen LogP contribution in [0, 0.1) is 13.8 Å². The monoisotopic (exact) mass is 1860 g/mol. The molecule has 15 aromatic rings. The van der Waals surface area contributed by atoms with Gasteiger partial charge in [-0.05, 0) is 225 Å². The Labute approximate surface area is 792 Å². The zero-order valence-corrected chi connectivity index (χ0v) is 80.6. The number of piperidine rings is 2. The highest BCUT2D eigenvalue weighted by Gasteiger charge is 2.28. The summed E-state index contributed by atoms with van der Waals surface area (Å²) >= 11 is 0. The van der Waals surface area contributed by atoms with Crippen LogP contribution in [0.25, 0.3) is 55.2 Å². The number of hydrogen-bond donors (Lipinski definition) is 1. The van der Waals surface area contributed by atoms with Crippen molar-refractivity contribution in [3.8, 4) is 28.7 Å². The summed E-state index contributed by atoms with van der Waals surface area (Å²) in [4.78, 5) is 38.1. The van der Waals surface area contributed by atoms with E-state index in [2.05, 4.69) is 166 Å². The number of para-hydroxylation sites is 11. The molecule has 0 amide bonds. The minimum Gasteiger partial charge on any atom is -0.497 e. The largest absolute Gasteiger partial charge is 0.497 e. The number of aryl methyl sites for hydroxylation is 2. The van der Waals surface area contributed by atoms with Gasteiger partial charge in [-0.15, -0.1) is 0 Å². The molecule has 3 fully saturated rings. The lowest BCUT2D eigenvalue weighted by atomic mass is 10.1. The standard InChI is InChI=1S/C23H29N3O.C22H30N4O4S.C22H27N3O.C21H25N3O3.C18H20F2N4/c1-18-9-8-12-22(19(18)2)27-16-15-26-21-11-5-4-10-20(21)24-23(26)17-25-13-6-3-7-14-25;1-5-12-26-20-11-10-17(31(27,28)25(2)3)15-19(20)24-22(26)16-23-18-8-6-7-9-21(18)30-14-13-29-4;1-18(24-14-8-3-9-15-24)22-23-20-12-6-7-13-21(20)25(22)16-17-26-19-10-4-2-5-11-19;1-25-17-5-4-6-18(15-17)27-14-11-24-20-8-3-2-7-19(20)22-21(24)16-23-9-12-26-13-10-23;1-13(2)23(11-14-7-5-6-10-21-14)12-17-22-15-8-3-4-9-16(15)24(17)18(19)20/h4-5,8-12H,3,6-7,13-17H2,1-2H3;6-11,15,23H,5,12-14,16H2,1-4H3;2,4-7,10-13,18H,3,8-9,14-17H2,1H3;2-8,15H,9-14,16H2,1H3;3-10,13,18H,11-12H2,1-2H3. The molecule has 0 saturated carbocycles. The molecule has 1 N–H and O–H groups in total. The van der Waals surface area contributed by atoms with Crippen molar-refractivity contribution in [1.29, 1.82) is 0 Å². The van der Waals surface area contributed by atoms with E-state index in [-0.39, 0.29) is 10.9 Å². The van der Waals surface area contributed by atoms with Crippen molar-refractivity contribution in [2.75, 3.05) is 119 Å². The van der Waals surface area contributed by atoms with E-state index in [1.54, 1.807) is 50.7 Å². The summed E-state index contributed by atoms with van der Waals surface area (Å²) in [7, 11) is 2.84. The number of halogens is 2. The van der Waals surface area contributed by atoms with Gasteiger partial charge >= 0.3 is 6.55 Å². The van der Waals surface area contributed by atoms with Gasteiger partial charge < -0.3 is 56.7 Å². The molecule has 1 unspecified atom stereocenters. The Morgan fingerprint density at radius 1 is 0.467 bits per heavy atom. The van der Waals surface area contributed by atoms with Crippen LogP contribution in [0.2, 0.25) is 0 Å². The maximum absolute atomic E-state index is 13.6. The fraction of sp³-hybridized carbons (Fsp3) is 0.396. The molecule has 26 nitrogen and oxygen atoms in total. The lowest BCUT2D eigenvalue weighted by Gasteiger charge is -2.32. The van der Waals surface area contributed by atoms with E-state index in [0.29, 0.717) is 81.1 Å². The van der Waals surface area contributed by atoms with Gasteiger partial charge in [0.15, 0.2) is 0 Å². The predicted octanol–water partition coefficient (Wildman–Crippen LogP) is 19.9. The molecule has 0 aliphatic carbocycles. The Kier molecular flexibility index (Phi) is 36.1. The Morgan fingerprint density at radius 3 is 1.61 bits per heavy atom. The zero-order valence-electron chi connectivity index (χ0n) is 79.7. The van der Waals surface area contributed by atoms with Crippen LogP contribution >= 0.6 is 0 Å². The topological polar surface area (TPSA) is 229 Å². The average Bonchev–Trinajstić information content (AvgIpc) is 1.65. The summed E-state index contributed by atoms with van der Waals surface area (Å²) in [5.74, 6) is 8.86. The number of pyridine rings is 1. The molecule has 714 valence electrons. The smallest absolute Gasteiger partial charge is 0.320 e. The second kappa shape index (κ2) is 49.3. The number of methoxy groups -OCH3 is 2. The van der Waals surface area contributed by atoms with Crippen molar-refractivity contribution < 1.29 is 50.4 Å². The third-order valence-electron chi connectivity index (χ3n) is 24.7. The molecule has 3 saturated heterocycles. The van der Waals surface area contributed by atoms with E-state index >= 15 is 0 Å². The third-order valence-corrected chi connectivity index (χ3v) is 26.6. The number of nitrogens with zero attached hydrogens (tertiary/aromatic N) is 16. The molecular weight excluding hydrogens is 1730 g/mol. The lowest BCUT2D eigenvalue weighted by Crippen LogP contribution is -2.36. The minimum atomic E-state index is -3.51. The van der Waals surface area contributed by atoms with Crippen LogP contribution in [0.1, 0.15) is 131 Å². The van der Waals surface area contributed by atoms with Crippen molar-refractivity contribution in [2.45, 2.75) is 169 Å². The molecular formula is C106H131F2N17O9S. The van der Waals surface area contributed by atoms with Gasteiger partial charge in [0.1, 0.15) is 84.3 Å². The average molecular weight is 1860 g/mol. The highest BCUT2D eigenvalue weighted by atomic mass is 32.2. The van der Waals surface area contributed by atoms with Gasteiger partial charge in [-0.3, -0.25) is 29.2 Å². The number of likely N-dealkylation sites (tertiary alicyclic amines) is 2. The van der Waals surface area contributed by atoms with E-state index < -0.39 is 16.6 Å². The van der Waals surface area contributed by atoms with Crippen LogP contribution in [0.15, 0.2) is 242 Å². The van der Waals surface area contributed by atoms with E-state index in [9.17, 15) is 17.2 Å². The quantitative estimate of drug-likeness (QED) is 0.0360. The molecule has 9 heterocycles. The molecule has 18 rings (SSSR count). The van der Waals surface area contributed by atoms with Crippen LogP contribution in [-0.2, 0) is 78.4 Å². The van der Waals surface area contributed by atoms with Gasteiger partial charge in [-0.1, -0.05) is 123 Å². The summed E-state index contributed by atoms with van der Waals surface area (Å²) in [5.41, 5.74) is 13.6. The second-order valence-corrected chi connectivity index (χ2v) is 36.6. The van der Waals surface area contributed by atoms with Gasteiger partial charge in [-0.2, -0.15) is 8.78 Å². The first kappa shape index (κ1) is 98.8. The molecule has 0 bridgehead atoms. The molecule has 135 heavy (non-hydrogen) atoms. The first-order chi connectivity index (χ1) is 65.8. The number of hydrogen-bond acceptors (Lipinski definition) is 20. The Balaban J connectivity index is 0.000000135. The maximum Gasteiger partial charge on any atom is 0.320 e. The normalized spacial score (nSPS) is 14.2. The van der Waals surface area contributed by atoms with Crippen molar-refractivity contribution in [3.05, 3.63) is 283 Å². The van der Waals surface area contributed by atoms with Gasteiger partial charge in [0.2, 0.25) is 10.0 Å². The first-order valence-corrected chi connectivity index (χ1v) is 48.7. The molecule has 0 radical (unpaired) electrons. The zero-order chi connectivity index (χ0) is 94.4. The first-order valence-electron chi connectivity index (χ1n) is 47.3. The molecule has 29 heteroatoms. The van der Waals surface area contributed by atoms with E-state index in [1.165, 1.54) is 105 Å². The van der Waals surface area contributed by atoms with Crippen molar-refractivity contribution >= 4 is 70.9 Å². The molecule has 3 aliphatic heterocycles. The number of ether oxygens (including phenoxy) is 7. The number of rotatable bonds is 36. The summed E-state index contributed by atoms with van der Waals surface area (Å²) in [6.45, 7) is 27.5. The molecule has 3 aliphatic rings. The van der Waals surface area contributed by atoms with Crippen molar-refractivity contribution in [1.82, 2.24) is 76.6 Å². The van der Waals surface area contributed by atoms with Gasteiger partial charge in [0.05, 0.1) is 150 Å². The number of benzene rings is 9. The summed E-state index contributed by atoms with van der Waals surface area (Å²) < 4.78 is 103. The maximum atomic E-state index is 13.6. The fourth-order valence-corrected chi connectivity index (χ4v) is 18.2. The summed E-state index contributed by atoms with van der Waals surface area (Å²) in [6.07, 6.45) is 10.6. The van der Waals surface area contributed by atoms with Gasteiger partial charge in [0.25, 0.3) is 0 Å². The Hall–Kier alpha value is -12.2. The van der Waals surface area contributed by atoms with Crippen LogP contribution < -0.4 is 29.0 Å². The van der Waals surface area contributed by atoms with E-state index in [4.69, 9.17) is 53.1 Å². The SMILES string of the molecule is CC(C)N(Cc1ccccn1)Cc1nc2ccccc2n1C(F)F.CC(c1nc2ccccc2n1CCOc1ccccc1)N1CCCCC1.CCCn1c(CNc2ccccc2OCCOC)nc2cc(S(=O)(=O)N(C)C)ccc21.COc1cccc(OCCn2c(CN3CCOCC3)nc3ccccc32)c1.Cc1cccc(OCCn2c(CN3CCCCC3)nc3ccccc32)c1C. The van der Waals surface area contributed by atoms with E-state index in [1.807, 2.05) is 129 Å². The number of morpholine rings is 1. The molecule has 1 atom stereocenters. The minimum absolute atomic E-state index is 0.179. The number of alkyl halides is 2. The number of nitrogens with one attached hydrogen (secondary N) is 1. The number of aromatic nitrogens is 11. The molecule has 0 spiro atoms. The summed E-state index contributed by atoms with van der Waals surface area (Å²) in [6, 6.07) is 75.2. The second-order valence-electron chi connectivity index (χ2n) is 34.5. The van der Waals surface area contributed by atoms with Crippen LogP contribution in [0.5, 0.6) is 28.7 Å². The van der Waals surface area contributed by atoms with Crippen LogP contribution in [0.3, 0.4) is 0 Å². The number of fused-ring (bicyclic) bond motifs is 5. The Bertz CT molecular complexity index is 6330. The number of imidazole rings is 5. The highest BCUT2D eigenvalue weighted by Crippen LogP contribution is 2.33. The number of anilines is 1. The Morgan fingerprint density at radius 2 is 0.985 bits per heavy atom. The molecule has 6 aromatic heterocycles. The highest BCUT2D eigenvalue weighted by molar-refractivity contribution is 7.89. The third kappa shape index (κ3) is 26.5.